The Kier molecular flexibility index (Phi) is 27.9. The van der Waals surface area contributed by atoms with Crippen molar-refractivity contribution in [3.05, 3.63) is 0 Å². The van der Waals surface area contributed by atoms with Crippen LogP contribution in [0.3, 0.4) is 0 Å². The van der Waals surface area contributed by atoms with E-state index in [1.54, 1.807) is 0 Å². The monoisotopic (exact) mass is 720 g/mol. The molecule has 0 bridgehead atoms. The molecule has 1 fully saturated rings. The van der Waals surface area contributed by atoms with E-state index in [1.165, 1.54) is 83.5 Å². The standard InChI is InChI=1S/C39H77NO10/c1-4-5-6-7-8-9-10-11-12-17-20-23-26-32(43)38(48)40-30(28-49-39-37(47)36(46)35(45)33(27-41)50-39)34(44)31(42)25-22-19-16-14-13-15-18-21-24-29(2)3/h29-37,39,41-47H,4-28H2,1-3H3,(H,40,48)/t30-,31+,32+,33+,34-,35-,36-,37+,39+/m0/s1. The molecular formula is C39H77NO10. The minimum Gasteiger partial charge on any atom is -0.394 e. The Balaban J connectivity index is 2.55. The van der Waals surface area contributed by atoms with Crippen molar-refractivity contribution in [3.8, 4) is 0 Å². The van der Waals surface area contributed by atoms with Crippen LogP contribution in [0.15, 0.2) is 0 Å². The number of unbranched alkanes of at least 4 members (excludes halogenated alkanes) is 18. The SMILES string of the molecule is CCCCCCCCCCCCCC[C@@H](O)C(=O)N[C@@H](CO[C@@H]1O[C@H](CO)[C@H](O)[C@H](O)[C@H]1O)[C@H](O)[C@H](O)CCCCCCCCCCC(C)C. The zero-order chi connectivity index (χ0) is 37.1. The lowest BCUT2D eigenvalue weighted by Gasteiger charge is -2.40. The zero-order valence-electron chi connectivity index (χ0n) is 31.8. The number of aliphatic hydroxyl groups is 7. The van der Waals surface area contributed by atoms with Crippen molar-refractivity contribution in [1.82, 2.24) is 5.32 Å². The average Bonchev–Trinajstić information content (AvgIpc) is 3.10. The molecule has 1 amide bonds. The number of ether oxygens (including phenoxy) is 2. The third-order valence-electron chi connectivity index (χ3n) is 10.1. The van der Waals surface area contributed by atoms with Crippen molar-refractivity contribution >= 4 is 5.91 Å². The van der Waals surface area contributed by atoms with Gasteiger partial charge in [-0.1, -0.05) is 156 Å². The molecule has 0 unspecified atom stereocenters. The van der Waals surface area contributed by atoms with Gasteiger partial charge in [-0.3, -0.25) is 4.79 Å². The second-order valence-corrected chi connectivity index (χ2v) is 15.2. The number of hydrogen-bond acceptors (Lipinski definition) is 10. The molecule has 11 nitrogen and oxygen atoms in total. The zero-order valence-corrected chi connectivity index (χ0v) is 31.8. The van der Waals surface area contributed by atoms with E-state index in [9.17, 15) is 40.5 Å². The number of amides is 1. The maximum atomic E-state index is 13.0. The van der Waals surface area contributed by atoms with Gasteiger partial charge in [-0.2, -0.15) is 0 Å². The molecule has 0 radical (unpaired) electrons. The molecule has 298 valence electrons. The predicted octanol–water partition coefficient (Wildman–Crippen LogP) is 5.02. The summed E-state index contributed by atoms with van der Waals surface area (Å²) >= 11 is 0. The summed E-state index contributed by atoms with van der Waals surface area (Å²) in [5.74, 6) is 0.0493. The maximum absolute atomic E-state index is 13.0. The first-order valence-corrected chi connectivity index (χ1v) is 20.3. The highest BCUT2D eigenvalue weighted by Crippen LogP contribution is 2.23. The highest BCUT2D eigenvalue weighted by molar-refractivity contribution is 5.80. The lowest BCUT2D eigenvalue weighted by Crippen LogP contribution is -2.60. The van der Waals surface area contributed by atoms with Gasteiger partial charge in [0.15, 0.2) is 6.29 Å². The third-order valence-corrected chi connectivity index (χ3v) is 10.1. The molecule has 1 aliphatic heterocycles. The van der Waals surface area contributed by atoms with Gasteiger partial charge in [0.25, 0.3) is 0 Å². The van der Waals surface area contributed by atoms with E-state index in [-0.39, 0.29) is 6.42 Å². The minimum atomic E-state index is -1.65. The molecule has 11 heteroatoms. The summed E-state index contributed by atoms with van der Waals surface area (Å²) in [6.45, 7) is 5.67. The molecule has 9 atom stereocenters. The summed E-state index contributed by atoms with van der Waals surface area (Å²) in [5.41, 5.74) is 0. The second-order valence-electron chi connectivity index (χ2n) is 15.2. The van der Waals surface area contributed by atoms with Crippen LogP contribution < -0.4 is 5.32 Å². The van der Waals surface area contributed by atoms with Crippen LogP contribution in [-0.4, -0.2) is 110 Å². The molecule has 1 saturated heterocycles. The van der Waals surface area contributed by atoms with Gasteiger partial charge in [0, 0.05) is 0 Å². The topological polar surface area (TPSA) is 189 Å². The third kappa shape index (κ3) is 21.0. The van der Waals surface area contributed by atoms with Crippen LogP contribution in [0.1, 0.15) is 168 Å². The Hall–Kier alpha value is -0.890. The molecule has 8 N–H and O–H groups in total. The Morgan fingerprint density at radius 1 is 0.660 bits per heavy atom. The Morgan fingerprint density at radius 3 is 1.60 bits per heavy atom. The van der Waals surface area contributed by atoms with Gasteiger partial charge in [-0.25, -0.2) is 0 Å². The Morgan fingerprint density at radius 2 is 1.12 bits per heavy atom. The number of carbonyl (C=O) groups is 1. The van der Waals surface area contributed by atoms with Crippen LogP contribution in [0.25, 0.3) is 0 Å². The molecule has 1 aliphatic rings. The van der Waals surface area contributed by atoms with Crippen LogP contribution in [0.2, 0.25) is 0 Å². The molecule has 1 rings (SSSR count). The first kappa shape index (κ1) is 47.1. The van der Waals surface area contributed by atoms with Crippen molar-refractivity contribution in [1.29, 1.82) is 0 Å². The van der Waals surface area contributed by atoms with Crippen molar-refractivity contribution < 1.29 is 50.0 Å². The van der Waals surface area contributed by atoms with E-state index in [4.69, 9.17) is 9.47 Å². The number of nitrogens with one attached hydrogen (secondary N) is 1. The summed E-state index contributed by atoms with van der Waals surface area (Å²) in [6.07, 6.45) is 13.2. The highest BCUT2D eigenvalue weighted by atomic mass is 16.7. The number of hydrogen-bond donors (Lipinski definition) is 8. The van der Waals surface area contributed by atoms with E-state index in [0.29, 0.717) is 19.3 Å². The lowest BCUT2D eigenvalue weighted by molar-refractivity contribution is -0.303. The summed E-state index contributed by atoms with van der Waals surface area (Å²) in [7, 11) is 0. The van der Waals surface area contributed by atoms with E-state index >= 15 is 0 Å². The van der Waals surface area contributed by atoms with Gasteiger partial charge < -0.3 is 50.5 Å². The van der Waals surface area contributed by atoms with Crippen LogP contribution in [0, 0.1) is 5.92 Å². The lowest BCUT2D eigenvalue weighted by atomic mass is 9.98. The van der Waals surface area contributed by atoms with Crippen LogP contribution in [-0.2, 0) is 14.3 Å². The van der Waals surface area contributed by atoms with Gasteiger partial charge in [-0.15, -0.1) is 0 Å². The number of carbonyl (C=O) groups excluding carboxylic acids is 1. The molecule has 1 heterocycles. The molecule has 0 aromatic rings. The van der Waals surface area contributed by atoms with Gasteiger partial charge in [0.2, 0.25) is 5.91 Å². The fraction of sp³-hybridized carbons (Fsp3) is 0.974. The van der Waals surface area contributed by atoms with Gasteiger partial charge in [0.05, 0.1) is 25.4 Å². The van der Waals surface area contributed by atoms with Crippen molar-refractivity contribution in [2.24, 2.45) is 5.92 Å². The normalized spacial score (nSPS) is 23.5. The summed E-state index contributed by atoms with van der Waals surface area (Å²) < 4.78 is 11.0. The summed E-state index contributed by atoms with van der Waals surface area (Å²) in [6, 6.07) is -1.16. The van der Waals surface area contributed by atoms with Crippen molar-refractivity contribution in [3.63, 3.8) is 0 Å². The first-order valence-electron chi connectivity index (χ1n) is 20.3. The fourth-order valence-corrected chi connectivity index (χ4v) is 6.62. The molecular weight excluding hydrogens is 642 g/mol. The van der Waals surface area contributed by atoms with E-state index in [2.05, 4.69) is 26.1 Å². The van der Waals surface area contributed by atoms with E-state index < -0.39 is 74.2 Å². The fourth-order valence-electron chi connectivity index (χ4n) is 6.62. The molecule has 0 aromatic heterocycles. The van der Waals surface area contributed by atoms with Crippen molar-refractivity contribution in [2.75, 3.05) is 13.2 Å². The molecule has 0 saturated carbocycles. The Labute approximate surface area is 303 Å². The van der Waals surface area contributed by atoms with E-state index in [0.717, 1.165) is 44.4 Å². The van der Waals surface area contributed by atoms with E-state index in [1.807, 2.05) is 0 Å². The molecule has 0 aromatic carbocycles. The summed E-state index contributed by atoms with van der Waals surface area (Å²) in [5, 5.41) is 75.2. The van der Waals surface area contributed by atoms with Crippen LogP contribution in [0.5, 0.6) is 0 Å². The quantitative estimate of drug-likeness (QED) is 0.0439. The van der Waals surface area contributed by atoms with Crippen LogP contribution in [0.4, 0.5) is 0 Å². The number of aliphatic hydroxyl groups excluding tert-OH is 7. The van der Waals surface area contributed by atoms with Gasteiger partial charge in [-0.05, 0) is 18.8 Å². The molecule has 0 aliphatic carbocycles. The molecule has 50 heavy (non-hydrogen) atoms. The smallest absolute Gasteiger partial charge is 0.249 e. The Bertz CT molecular complexity index is 803. The summed E-state index contributed by atoms with van der Waals surface area (Å²) in [4.78, 5) is 13.0. The number of rotatable bonds is 32. The van der Waals surface area contributed by atoms with Gasteiger partial charge in [0.1, 0.15) is 36.6 Å². The molecule has 0 spiro atoms. The average molecular weight is 720 g/mol. The van der Waals surface area contributed by atoms with Crippen LogP contribution >= 0.6 is 0 Å². The second kappa shape index (κ2) is 29.6. The van der Waals surface area contributed by atoms with Gasteiger partial charge >= 0.3 is 0 Å². The largest absolute Gasteiger partial charge is 0.394 e. The predicted molar refractivity (Wildman–Crippen MR) is 196 cm³/mol. The van der Waals surface area contributed by atoms with Crippen molar-refractivity contribution in [2.45, 2.75) is 224 Å². The minimum absolute atomic E-state index is 0.264. The first-order chi connectivity index (χ1) is 24.0. The highest BCUT2D eigenvalue weighted by Gasteiger charge is 2.44. The maximum Gasteiger partial charge on any atom is 0.249 e.